The van der Waals surface area contributed by atoms with Crippen molar-refractivity contribution in [1.29, 1.82) is 0 Å². The summed E-state index contributed by atoms with van der Waals surface area (Å²) >= 11 is 7.32. The number of guanidine groups is 1. The molecule has 1 aliphatic carbocycles. The van der Waals surface area contributed by atoms with Gasteiger partial charge in [-0.25, -0.2) is 0 Å². The molecule has 5 nitrogen and oxygen atoms in total. The van der Waals surface area contributed by atoms with Gasteiger partial charge in [0.05, 0.1) is 10.9 Å². The number of nitrogens with zero attached hydrogens (tertiary/aromatic N) is 2. The Morgan fingerprint density at radius 2 is 2.12 bits per heavy atom. The van der Waals surface area contributed by atoms with Crippen LogP contribution in [0.4, 0.5) is 0 Å². The third kappa shape index (κ3) is 7.03. The van der Waals surface area contributed by atoms with Gasteiger partial charge in [-0.1, -0.05) is 11.6 Å². The Morgan fingerprint density at radius 3 is 2.62 bits per heavy atom. The predicted octanol–water partition coefficient (Wildman–Crippen LogP) is 2.95. The lowest BCUT2D eigenvalue weighted by Gasteiger charge is -2.23. The second kappa shape index (κ2) is 10.8. The van der Waals surface area contributed by atoms with Crippen LogP contribution in [0.15, 0.2) is 17.1 Å². The van der Waals surface area contributed by atoms with Gasteiger partial charge < -0.3 is 20.6 Å². The SMILES string of the molecule is CCNC(=NCC(C1CC1)N(C)C)NCC(O)c1ccc(Cl)s1.I. The van der Waals surface area contributed by atoms with Gasteiger partial charge in [0.2, 0.25) is 0 Å². The largest absolute Gasteiger partial charge is 0.386 e. The zero-order chi connectivity index (χ0) is 16.8. The standard InChI is InChI=1S/C16H27ClN4OS.HI/c1-4-18-16(19-9-12(21(2)3)11-5-6-11)20-10-13(22)14-7-8-15(17)23-14;/h7-8,11-13,22H,4-6,9-10H2,1-3H3,(H2,18,19,20);1H. The number of hydrogen-bond donors (Lipinski definition) is 3. The van der Waals surface area contributed by atoms with Crippen LogP contribution in [0.1, 0.15) is 30.7 Å². The average molecular weight is 487 g/mol. The summed E-state index contributed by atoms with van der Waals surface area (Å²) in [5.74, 6) is 1.53. The third-order valence-corrected chi connectivity index (χ3v) is 5.33. The first-order valence-electron chi connectivity index (χ1n) is 8.13. The molecule has 0 bridgehead atoms. The van der Waals surface area contributed by atoms with Crippen LogP contribution in [-0.2, 0) is 0 Å². The molecule has 1 aromatic rings. The van der Waals surface area contributed by atoms with Crippen LogP contribution in [0.25, 0.3) is 0 Å². The maximum atomic E-state index is 10.2. The predicted molar refractivity (Wildman–Crippen MR) is 114 cm³/mol. The van der Waals surface area contributed by atoms with Crippen LogP contribution in [-0.4, -0.2) is 55.7 Å². The molecule has 0 saturated heterocycles. The van der Waals surface area contributed by atoms with Crippen LogP contribution >= 0.6 is 46.9 Å². The molecule has 3 N–H and O–H groups in total. The molecule has 1 aliphatic rings. The van der Waals surface area contributed by atoms with E-state index in [-0.39, 0.29) is 24.0 Å². The van der Waals surface area contributed by atoms with Crippen LogP contribution in [0.2, 0.25) is 4.34 Å². The molecular formula is C16H28ClIN4OS. The molecule has 0 spiro atoms. The minimum Gasteiger partial charge on any atom is -0.386 e. The van der Waals surface area contributed by atoms with E-state index in [1.807, 2.05) is 13.0 Å². The Hall–Kier alpha value is -0.0900. The zero-order valence-electron chi connectivity index (χ0n) is 14.5. The average Bonchev–Trinajstić information content (AvgIpc) is 3.24. The van der Waals surface area contributed by atoms with E-state index < -0.39 is 6.10 Å². The monoisotopic (exact) mass is 486 g/mol. The van der Waals surface area contributed by atoms with Crippen molar-refractivity contribution in [2.75, 3.05) is 33.7 Å². The maximum absolute atomic E-state index is 10.2. The highest BCUT2D eigenvalue weighted by Crippen LogP contribution is 2.34. The summed E-state index contributed by atoms with van der Waals surface area (Å²) in [6.45, 7) is 4.02. The highest BCUT2D eigenvalue weighted by Gasteiger charge is 2.32. The van der Waals surface area contributed by atoms with Crippen molar-refractivity contribution >= 4 is 52.9 Å². The highest BCUT2D eigenvalue weighted by atomic mass is 127. The second-order valence-electron chi connectivity index (χ2n) is 6.13. The van der Waals surface area contributed by atoms with Crippen molar-refractivity contribution in [3.8, 4) is 0 Å². The second-order valence-corrected chi connectivity index (χ2v) is 7.87. The quantitative estimate of drug-likeness (QED) is 0.300. The minimum atomic E-state index is -0.579. The molecule has 1 aromatic heterocycles. The Balaban J connectivity index is 0.00000288. The smallest absolute Gasteiger partial charge is 0.191 e. The van der Waals surface area contributed by atoms with Gasteiger partial charge in [-0.05, 0) is 51.9 Å². The number of aliphatic imine (C=N–C) groups is 1. The first kappa shape index (κ1) is 22.0. The molecule has 8 heteroatoms. The number of rotatable bonds is 8. The van der Waals surface area contributed by atoms with E-state index in [0.29, 0.717) is 16.9 Å². The van der Waals surface area contributed by atoms with Crippen molar-refractivity contribution in [2.45, 2.75) is 31.9 Å². The Labute approximate surface area is 170 Å². The summed E-state index contributed by atoms with van der Waals surface area (Å²) in [6.07, 6.45) is 2.03. The number of halogens is 2. The lowest BCUT2D eigenvalue weighted by Crippen LogP contribution is -2.41. The van der Waals surface area contributed by atoms with Crippen molar-refractivity contribution in [3.63, 3.8) is 0 Å². The van der Waals surface area contributed by atoms with Crippen LogP contribution < -0.4 is 10.6 Å². The first-order valence-corrected chi connectivity index (χ1v) is 9.32. The van der Waals surface area contributed by atoms with Crippen molar-refractivity contribution in [2.24, 2.45) is 10.9 Å². The van der Waals surface area contributed by atoms with Gasteiger partial charge >= 0.3 is 0 Å². The lowest BCUT2D eigenvalue weighted by molar-refractivity contribution is 0.184. The number of aliphatic hydroxyl groups is 1. The van der Waals surface area contributed by atoms with Gasteiger partial charge in [0.1, 0.15) is 6.10 Å². The van der Waals surface area contributed by atoms with Crippen molar-refractivity contribution in [3.05, 3.63) is 21.3 Å². The molecule has 24 heavy (non-hydrogen) atoms. The van der Waals surface area contributed by atoms with Crippen LogP contribution in [0.3, 0.4) is 0 Å². The number of hydrogen-bond acceptors (Lipinski definition) is 4. The maximum Gasteiger partial charge on any atom is 0.191 e. The molecule has 1 fully saturated rings. The van der Waals surface area contributed by atoms with E-state index in [4.69, 9.17) is 11.6 Å². The molecule has 2 rings (SSSR count). The topological polar surface area (TPSA) is 59.9 Å². The number of thiophene rings is 1. The Kier molecular flexibility index (Phi) is 9.88. The third-order valence-electron chi connectivity index (χ3n) is 4.00. The lowest BCUT2D eigenvalue weighted by atomic mass is 10.2. The fourth-order valence-electron chi connectivity index (χ4n) is 2.54. The summed E-state index contributed by atoms with van der Waals surface area (Å²) in [5, 5.41) is 16.7. The normalized spacial score (nSPS) is 17.3. The molecule has 1 saturated carbocycles. The molecule has 0 radical (unpaired) electrons. The van der Waals surface area contributed by atoms with E-state index in [2.05, 4.69) is 34.6 Å². The summed E-state index contributed by atoms with van der Waals surface area (Å²) in [7, 11) is 4.23. The number of aliphatic hydroxyl groups excluding tert-OH is 1. The van der Waals surface area contributed by atoms with Crippen LogP contribution in [0, 0.1) is 5.92 Å². The van der Waals surface area contributed by atoms with Gasteiger partial charge in [0.15, 0.2) is 5.96 Å². The number of nitrogens with one attached hydrogen (secondary N) is 2. The minimum absolute atomic E-state index is 0. The number of likely N-dealkylation sites (N-methyl/N-ethyl adjacent to an activating group) is 1. The Morgan fingerprint density at radius 1 is 1.42 bits per heavy atom. The summed E-state index contributed by atoms with van der Waals surface area (Å²) in [5.41, 5.74) is 0. The van der Waals surface area contributed by atoms with Crippen LogP contribution in [0.5, 0.6) is 0 Å². The highest BCUT2D eigenvalue weighted by molar-refractivity contribution is 14.0. The van der Waals surface area contributed by atoms with Crippen molar-refractivity contribution < 1.29 is 5.11 Å². The fraction of sp³-hybridized carbons (Fsp3) is 0.688. The molecule has 138 valence electrons. The van der Waals surface area contributed by atoms with E-state index in [1.54, 1.807) is 6.07 Å². The first-order chi connectivity index (χ1) is 11.0. The molecule has 0 aromatic carbocycles. The molecule has 0 aliphatic heterocycles. The zero-order valence-corrected chi connectivity index (χ0v) is 18.4. The van der Waals surface area contributed by atoms with Gasteiger partial charge in [-0.3, -0.25) is 4.99 Å². The summed E-state index contributed by atoms with van der Waals surface area (Å²) in [6, 6.07) is 4.16. The van der Waals surface area contributed by atoms with Gasteiger partial charge in [0, 0.05) is 24.0 Å². The Bertz CT molecular complexity index is 520. The molecular weight excluding hydrogens is 459 g/mol. The van der Waals surface area contributed by atoms with Crippen molar-refractivity contribution in [1.82, 2.24) is 15.5 Å². The van der Waals surface area contributed by atoms with E-state index in [1.165, 1.54) is 24.2 Å². The van der Waals surface area contributed by atoms with E-state index in [9.17, 15) is 5.11 Å². The molecule has 2 atom stereocenters. The molecule has 0 amide bonds. The van der Waals surface area contributed by atoms with E-state index >= 15 is 0 Å². The molecule has 2 unspecified atom stereocenters. The van der Waals surface area contributed by atoms with Gasteiger partial charge in [0.25, 0.3) is 0 Å². The summed E-state index contributed by atoms with van der Waals surface area (Å²) < 4.78 is 0.692. The molecule has 1 heterocycles. The fourth-order valence-corrected chi connectivity index (χ4v) is 3.59. The van der Waals surface area contributed by atoms with Gasteiger partial charge in [-0.2, -0.15) is 0 Å². The summed E-state index contributed by atoms with van der Waals surface area (Å²) in [4.78, 5) is 7.81. The van der Waals surface area contributed by atoms with Gasteiger partial charge in [-0.15, -0.1) is 35.3 Å². The van der Waals surface area contributed by atoms with E-state index in [0.717, 1.165) is 29.8 Å².